The lowest BCUT2D eigenvalue weighted by Crippen LogP contribution is -2.08. The molecule has 1 unspecified atom stereocenters. The number of rotatable bonds is 4. The van der Waals surface area contributed by atoms with E-state index in [1.54, 1.807) is 18.9 Å². The SMILES string of the molecule is COCCc1ccccc1NC1=NC(C)CS1. The zero-order valence-electron chi connectivity index (χ0n) is 10.3. The molecule has 0 spiro atoms. The highest BCUT2D eigenvalue weighted by Crippen LogP contribution is 2.22. The number of hydrogen-bond acceptors (Lipinski definition) is 4. The molecule has 1 aliphatic heterocycles. The van der Waals surface area contributed by atoms with Crippen molar-refractivity contribution in [2.24, 2.45) is 4.99 Å². The molecule has 3 nitrogen and oxygen atoms in total. The smallest absolute Gasteiger partial charge is 0.161 e. The van der Waals surface area contributed by atoms with Gasteiger partial charge in [-0.05, 0) is 25.0 Å². The van der Waals surface area contributed by atoms with Gasteiger partial charge in [0.1, 0.15) is 0 Å². The van der Waals surface area contributed by atoms with Crippen LogP contribution >= 0.6 is 11.8 Å². The molecule has 0 aliphatic carbocycles. The van der Waals surface area contributed by atoms with Gasteiger partial charge in [-0.25, -0.2) is 0 Å². The van der Waals surface area contributed by atoms with E-state index < -0.39 is 0 Å². The minimum absolute atomic E-state index is 0.425. The molecule has 4 heteroatoms. The number of nitrogens with one attached hydrogen (secondary N) is 1. The highest BCUT2D eigenvalue weighted by atomic mass is 32.2. The number of ether oxygens (including phenoxy) is 1. The summed E-state index contributed by atoms with van der Waals surface area (Å²) in [6, 6.07) is 8.75. The monoisotopic (exact) mass is 250 g/mol. The Labute approximate surface area is 107 Å². The molecule has 0 fully saturated rings. The number of aliphatic imine (C=N–C) groups is 1. The van der Waals surface area contributed by atoms with Gasteiger partial charge in [0.2, 0.25) is 0 Å². The van der Waals surface area contributed by atoms with E-state index >= 15 is 0 Å². The lowest BCUT2D eigenvalue weighted by atomic mass is 10.1. The summed E-state index contributed by atoms with van der Waals surface area (Å²) in [6.45, 7) is 2.88. The molecular formula is C13H18N2OS. The highest BCUT2D eigenvalue weighted by molar-refractivity contribution is 8.14. The van der Waals surface area contributed by atoms with Crippen molar-refractivity contribution in [3.63, 3.8) is 0 Å². The quantitative estimate of drug-likeness (QED) is 0.892. The van der Waals surface area contributed by atoms with Crippen molar-refractivity contribution in [2.75, 3.05) is 24.8 Å². The maximum Gasteiger partial charge on any atom is 0.161 e. The Bertz CT molecular complexity index is 406. The van der Waals surface area contributed by atoms with Gasteiger partial charge in [-0.3, -0.25) is 4.99 Å². The minimum atomic E-state index is 0.425. The Balaban J connectivity index is 2.06. The summed E-state index contributed by atoms with van der Waals surface area (Å²) in [5.41, 5.74) is 2.42. The Morgan fingerprint density at radius 2 is 2.29 bits per heavy atom. The first-order valence-corrected chi connectivity index (χ1v) is 6.82. The molecule has 1 atom stereocenters. The maximum atomic E-state index is 5.12. The number of hydrogen-bond donors (Lipinski definition) is 1. The second-order valence-electron chi connectivity index (χ2n) is 4.12. The first kappa shape index (κ1) is 12.5. The third kappa shape index (κ3) is 3.48. The van der Waals surface area contributed by atoms with Crippen molar-refractivity contribution in [3.05, 3.63) is 29.8 Å². The van der Waals surface area contributed by atoms with Crippen molar-refractivity contribution in [2.45, 2.75) is 19.4 Å². The van der Waals surface area contributed by atoms with Gasteiger partial charge in [-0.2, -0.15) is 0 Å². The number of para-hydroxylation sites is 1. The minimum Gasteiger partial charge on any atom is -0.384 e. The van der Waals surface area contributed by atoms with E-state index in [1.807, 2.05) is 6.07 Å². The van der Waals surface area contributed by atoms with E-state index in [-0.39, 0.29) is 0 Å². The Hall–Kier alpha value is -1.000. The van der Waals surface area contributed by atoms with E-state index in [0.29, 0.717) is 6.04 Å². The molecule has 1 aliphatic rings. The predicted octanol–water partition coefficient (Wildman–Crippen LogP) is 2.78. The van der Waals surface area contributed by atoms with Crippen LogP contribution in [-0.2, 0) is 11.2 Å². The Kier molecular flexibility index (Phi) is 4.45. The lowest BCUT2D eigenvalue weighted by molar-refractivity contribution is 0.202. The molecule has 17 heavy (non-hydrogen) atoms. The summed E-state index contributed by atoms with van der Waals surface area (Å²) < 4.78 is 5.12. The summed E-state index contributed by atoms with van der Waals surface area (Å²) in [5, 5.41) is 4.44. The van der Waals surface area contributed by atoms with Crippen LogP contribution in [0.2, 0.25) is 0 Å². The van der Waals surface area contributed by atoms with Crippen LogP contribution in [0.1, 0.15) is 12.5 Å². The molecule has 0 aromatic heterocycles. The number of thioether (sulfide) groups is 1. The molecule has 0 saturated heterocycles. The Morgan fingerprint density at radius 1 is 1.47 bits per heavy atom. The maximum absolute atomic E-state index is 5.12. The fraction of sp³-hybridized carbons (Fsp3) is 0.462. The van der Waals surface area contributed by atoms with E-state index in [2.05, 4.69) is 35.4 Å². The first-order valence-electron chi connectivity index (χ1n) is 5.84. The molecule has 1 aromatic rings. The van der Waals surface area contributed by atoms with Crippen LogP contribution in [0.15, 0.2) is 29.3 Å². The second-order valence-corrected chi connectivity index (χ2v) is 5.13. The zero-order chi connectivity index (χ0) is 12.1. The number of methoxy groups -OCH3 is 1. The second kappa shape index (κ2) is 6.07. The van der Waals surface area contributed by atoms with Crippen molar-refractivity contribution >= 4 is 22.6 Å². The molecule has 1 heterocycles. The third-order valence-electron chi connectivity index (χ3n) is 2.63. The number of nitrogens with zero attached hydrogens (tertiary/aromatic N) is 1. The van der Waals surface area contributed by atoms with Crippen LogP contribution in [0, 0.1) is 0 Å². The molecule has 0 saturated carbocycles. The van der Waals surface area contributed by atoms with Crippen LogP contribution < -0.4 is 5.32 Å². The third-order valence-corrected chi connectivity index (χ3v) is 3.76. The molecule has 2 rings (SSSR count). The average molecular weight is 250 g/mol. The average Bonchev–Trinajstić information content (AvgIpc) is 2.74. The summed E-state index contributed by atoms with van der Waals surface area (Å²) in [4.78, 5) is 4.54. The van der Waals surface area contributed by atoms with Crippen LogP contribution in [0.4, 0.5) is 5.69 Å². The zero-order valence-corrected chi connectivity index (χ0v) is 11.1. The van der Waals surface area contributed by atoms with Gasteiger partial charge in [0.15, 0.2) is 5.17 Å². The van der Waals surface area contributed by atoms with Crippen LogP contribution in [0.5, 0.6) is 0 Å². The van der Waals surface area contributed by atoms with Crippen molar-refractivity contribution in [1.29, 1.82) is 0 Å². The van der Waals surface area contributed by atoms with E-state index in [0.717, 1.165) is 29.6 Å². The first-order chi connectivity index (χ1) is 8.29. The van der Waals surface area contributed by atoms with E-state index in [9.17, 15) is 0 Å². The molecule has 0 amide bonds. The predicted molar refractivity (Wildman–Crippen MR) is 75.0 cm³/mol. The molecule has 1 aromatic carbocycles. The highest BCUT2D eigenvalue weighted by Gasteiger charge is 2.14. The standard InChI is InChI=1S/C13H18N2OS/c1-10-9-17-13(14-10)15-12-6-4-3-5-11(12)7-8-16-2/h3-6,10H,7-9H2,1-2H3,(H,14,15). The molecule has 0 radical (unpaired) electrons. The van der Waals surface area contributed by atoms with Gasteiger partial charge in [0, 0.05) is 18.6 Å². The van der Waals surface area contributed by atoms with Gasteiger partial charge in [-0.15, -0.1) is 0 Å². The molecule has 0 bridgehead atoms. The lowest BCUT2D eigenvalue weighted by Gasteiger charge is -2.10. The van der Waals surface area contributed by atoms with E-state index in [1.165, 1.54) is 5.56 Å². The van der Waals surface area contributed by atoms with E-state index in [4.69, 9.17) is 4.74 Å². The summed E-state index contributed by atoms with van der Waals surface area (Å²) in [7, 11) is 1.73. The van der Waals surface area contributed by atoms with Gasteiger partial charge in [-0.1, -0.05) is 30.0 Å². The number of amidine groups is 1. The summed E-state index contributed by atoms with van der Waals surface area (Å²) in [6.07, 6.45) is 0.924. The fourth-order valence-corrected chi connectivity index (χ4v) is 2.64. The normalized spacial score (nSPS) is 19.2. The molecule has 1 N–H and O–H groups in total. The summed E-state index contributed by atoms with van der Waals surface area (Å²) in [5.74, 6) is 1.07. The van der Waals surface area contributed by atoms with Crippen LogP contribution in [0.25, 0.3) is 0 Å². The van der Waals surface area contributed by atoms with Crippen LogP contribution in [-0.4, -0.2) is 30.7 Å². The summed E-state index contributed by atoms with van der Waals surface area (Å²) >= 11 is 1.79. The van der Waals surface area contributed by atoms with Crippen molar-refractivity contribution in [1.82, 2.24) is 0 Å². The number of anilines is 1. The fourth-order valence-electron chi connectivity index (χ4n) is 1.73. The Morgan fingerprint density at radius 3 is 3.00 bits per heavy atom. The largest absolute Gasteiger partial charge is 0.384 e. The van der Waals surface area contributed by atoms with Gasteiger partial charge >= 0.3 is 0 Å². The van der Waals surface area contributed by atoms with Crippen molar-refractivity contribution < 1.29 is 4.74 Å². The number of benzene rings is 1. The van der Waals surface area contributed by atoms with Gasteiger partial charge in [0.25, 0.3) is 0 Å². The topological polar surface area (TPSA) is 33.6 Å². The molecule has 92 valence electrons. The van der Waals surface area contributed by atoms with Crippen LogP contribution in [0.3, 0.4) is 0 Å². The van der Waals surface area contributed by atoms with Gasteiger partial charge < -0.3 is 10.1 Å². The van der Waals surface area contributed by atoms with Crippen molar-refractivity contribution in [3.8, 4) is 0 Å². The van der Waals surface area contributed by atoms with Gasteiger partial charge in [0.05, 0.1) is 12.6 Å². The molecular weight excluding hydrogens is 232 g/mol.